The molecule has 0 radical (unpaired) electrons. The molecule has 2 aromatic carbocycles. The average Bonchev–Trinajstić information content (AvgIpc) is 3.64. The van der Waals surface area contributed by atoms with Gasteiger partial charge in [0.15, 0.2) is 0 Å². The standard InChI is InChI=1S/C31H39N3O7S/c1-22-29(34(21-41-22)42(39,40)27-12-6-3-7-13-27)30(36)33-28(31(37)38)20-24-16-14-23(15-17-24)19-26(35)11-5-2-4-9-25-10-8-18-32-25/h3,6-7,12-17,22,28-29H,2,4-5,8-11,18-21H2,1H3,(H,33,36)(H,37,38)/t22?,28-,29-/m0/s1. The van der Waals surface area contributed by atoms with Crippen LogP contribution >= 0.6 is 0 Å². The number of hydrogen-bond acceptors (Lipinski definition) is 7. The second-order valence-electron chi connectivity index (χ2n) is 10.9. The number of carbonyl (C=O) groups excluding carboxylic acids is 2. The molecule has 2 heterocycles. The molecule has 1 fully saturated rings. The summed E-state index contributed by atoms with van der Waals surface area (Å²) in [5.41, 5.74) is 2.82. The summed E-state index contributed by atoms with van der Waals surface area (Å²) in [5, 5.41) is 12.3. The van der Waals surface area contributed by atoms with Crippen LogP contribution in [0.15, 0.2) is 64.5 Å². The number of Topliss-reactive ketones (excluding diaryl/α,β-unsaturated/α-hetero) is 1. The number of ether oxygens (including phenoxy) is 1. The van der Waals surface area contributed by atoms with E-state index >= 15 is 0 Å². The second-order valence-corrected chi connectivity index (χ2v) is 12.8. The second kappa shape index (κ2) is 14.7. The van der Waals surface area contributed by atoms with Gasteiger partial charge < -0.3 is 15.2 Å². The number of carboxylic acid groups (broad SMARTS) is 1. The zero-order valence-corrected chi connectivity index (χ0v) is 24.7. The topological polar surface area (TPSA) is 142 Å². The average molecular weight is 598 g/mol. The Morgan fingerprint density at radius 3 is 2.43 bits per heavy atom. The highest BCUT2D eigenvalue weighted by Crippen LogP contribution is 2.26. The summed E-state index contributed by atoms with van der Waals surface area (Å²) in [6, 6.07) is 12.3. The number of nitrogens with one attached hydrogen (secondary N) is 1. The number of hydrogen-bond donors (Lipinski definition) is 2. The molecular weight excluding hydrogens is 558 g/mol. The SMILES string of the molecule is CC1OCN(S(=O)(=O)c2ccccc2)[C@@H]1C(=O)N[C@@H](Cc1ccc(CC(=O)CCCCCC2=NCCC2)cc1)C(=O)O. The van der Waals surface area contributed by atoms with E-state index in [0.717, 1.165) is 54.9 Å². The number of ketones is 1. The van der Waals surface area contributed by atoms with Crippen LogP contribution in [-0.2, 0) is 42.0 Å². The van der Waals surface area contributed by atoms with Crippen molar-refractivity contribution in [1.29, 1.82) is 0 Å². The Morgan fingerprint density at radius 1 is 1.05 bits per heavy atom. The molecule has 2 aromatic rings. The summed E-state index contributed by atoms with van der Waals surface area (Å²) in [6.07, 6.45) is 6.31. The lowest BCUT2D eigenvalue weighted by molar-refractivity contribution is -0.142. The molecule has 0 aliphatic carbocycles. The summed E-state index contributed by atoms with van der Waals surface area (Å²) in [5.74, 6) is -1.82. The van der Waals surface area contributed by atoms with Gasteiger partial charge in [0.05, 0.1) is 11.0 Å². The summed E-state index contributed by atoms with van der Waals surface area (Å²) < 4.78 is 32.8. The van der Waals surface area contributed by atoms with E-state index in [-0.39, 0.29) is 23.8 Å². The normalized spacial score (nSPS) is 19.8. The van der Waals surface area contributed by atoms with Crippen molar-refractivity contribution in [2.45, 2.75) is 87.8 Å². The van der Waals surface area contributed by atoms with Gasteiger partial charge in [0.2, 0.25) is 15.9 Å². The van der Waals surface area contributed by atoms with Crippen molar-refractivity contribution in [2.24, 2.45) is 4.99 Å². The predicted octanol–water partition coefficient (Wildman–Crippen LogP) is 3.53. The molecule has 0 aromatic heterocycles. The van der Waals surface area contributed by atoms with Gasteiger partial charge in [0, 0.05) is 31.5 Å². The van der Waals surface area contributed by atoms with E-state index in [2.05, 4.69) is 10.3 Å². The number of aliphatic imine (C=N–C) groups is 1. The van der Waals surface area contributed by atoms with E-state index in [1.54, 1.807) is 49.4 Å². The van der Waals surface area contributed by atoms with E-state index in [1.807, 2.05) is 0 Å². The van der Waals surface area contributed by atoms with Crippen molar-refractivity contribution >= 4 is 33.4 Å². The minimum atomic E-state index is -4.04. The number of sulfonamides is 1. The van der Waals surface area contributed by atoms with Crippen LogP contribution in [0.1, 0.15) is 63.0 Å². The van der Waals surface area contributed by atoms with Crippen molar-refractivity contribution in [3.05, 3.63) is 65.7 Å². The Hall–Kier alpha value is -3.41. The van der Waals surface area contributed by atoms with Gasteiger partial charge in [0.1, 0.15) is 24.6 Å². The van der Waals surface area contributed by atoms with Crippen LogP contribution in [0.2, 0.25) is 0 Å². The third-order valence-corrected chi connectivity index (χ3v) is 9.51. The minimum absolute atomic E-state index is 0.00597. The predicted molar refractivity (Wildman–Crippen MR) is 158 cm³/mol. The molecule has 0 bridgehead atoms. The fraction of sp³-hybridized carbons (Fsp3) is 0.484. The highest BCUT2D eigenvalue weighted by atomic mass is 32.2. The van der Waals surface area contributed by atoms with Gasteiger partial charge in [-0.25, -0.2) is 13.2 Å². The lowest BCUT2D eigenvalue weighted by atomic mass is 9.99. The number of amides is 1. The Bertz CT molecular complexity index is 1380. The number of aliphatic carboxylic acids is 1. The summed E-state index contributed by atoms with van der Waals surface area (Å²) >= 11 is 0. The van der Waals surface area contributed by atoms with Gasteiger partial charge in [0.25, 0.3) is 0 Å². The highest BCUT2D eigenvalue weighted by molar-refractivity contribution is 7.89. The summed E-state index contributed by atoms with van der Waals surface area (Å²) in [4.78, 5) is 42.2. The first-order chi connectivity index (χ1) is 20.1. The minimum Gasteiger partial charge on any atom is -0.480 e. The summed E-state index contributed by atoms with van der Waals surface area (Å²) in [7, 11) is -4.04. The fourth-order valence-corrected chi connectivity index (χ4v) is 6.86. The molecule has 42 heavy (non-hydrogen) atoms. The lowest BCUT2D eigenvalue weighted by Crippen LogP contribution is -2.54. The van der Waals surface area contributed by atoms with Crippen molar-refractivity contribution in [3.8, 4) is 0 Å². The smallest absolute Gasteiger partial charge is 0.326 e. The van der Waals surface area contributed by atoms with Crippen LogP contribution in [0, 0.1) is 0 Å². The van der Waals surface area contributed by atoms with E-state index in [9.17, 15) is 27.9 Å². The van der Waals surface area contributed by atoms with Gasteiger partial charge in [-0.3, -0.25) is 14.6 Å². The summed E-state index contributed by atoms with van der Waals surface area (Å²) in [6.45, 7) is 2.21. The largest absolute Gasteiger partial charge is 0.480 e. The molecule has 10 nitrogen and oxygen atoms in total. The number of benzene rings is 2. The number of carboxylic acids is 1. The Labute approximate surface area is 247 Å². The first-order valence-electron chi connectivity index (χ1n) is 14.5. The van der Waals surface area contributed by atoms with E-state index in [1.165, 1.54) is 17.8 Å². The van der Waals surface area contributed by atoms with Crippen molar-refractivity contribution in [3.63, 3.8) is 0 Å². The molecule has 11 heteroatoms. The number of rotatable bonds is 15. The number of nitrogens with zero attached hydrogens (tertiary/aromatic N) is 2. The molecule has 1 amide bonds. The van der Waals surface area contributed by atoms with Gasteiger partial charge in [-0.2, -0.15) is 4.31 Å². The third kappa shape index (κ3) is 8.33. The number of unbranched alkanes of at least 4 members (excludes halogenated alkanes) is 2. The van der Waals surface area contributed by atoms with E-state index in [0.29, 0.717) is 18.4 Å². The molecule has 0 saturated carbocycles. The fourth-order valence-electron chi connectivity index (χ4n) is 5.32. The molecular formula is C31H39N3O7S. The Morgan fingerprint density at radius 2 is 1.76 bits per heavy atom. The molecule has 1 saturated heterocycles. The monoisotopic (exact) mass is 597 g/mol. The molecule has 0 spiro atoms. The maximum Gasteiger partial charge on any atom is 0.326 e. The van der Waals surface area contributed by atoms with Crippen LogP contribution in [-0.4, -0.2) is 72.7 Å². The molecule has 2 aliphatic rings. The van der Waals surface area contributed by atoms with Gasteiger partial charge in [-0.05, 0) is 62.3 Å². The molecule has 226 valence electrons. The maximum absolute atomic E-state index is 13.2. The van der Waals surface area contributed by atoms with E-state index in [4.69, 9.17) is 4.74 Å². The van der Waals surface area contributed by atoms with Crippen molar-refractivity contribution < 1.29 is 32.6 Å². The molecule has 1 unspecified atom stereocenters. The number of carbonyl (C=O) groups is 3. The zero-order chi connectivity index (χ0) is 30.1. The zero-order valence-electron chi connectivity index (χ0n) is 23.9. The third-order valence-electron chi connectivity index (χ3n) is 7.70. The van der Waals surface area contributed by atoms with E-state index < -0.39 is 40.1 Å². The van der Waals surface area contributed by atoms with Crippen LogP contribution in [0.3, 0.4) is 0 Å². The van der Waals surface area contributed by atoms with Crippen LogP contribution in [0.25, 0.3) is 0 Å². The van der Waals surface area contributed by atoms with Crippen LogP contribution in [0.4, 0.5) is 0 Å². The van der Waals surface area contributed by atoms with Crippen molar-refractivity contribution in [2.75, 3.05) is 13.3 Å². The highest BCUT2D eigenvalue weighted by Gasteiger charge is 2.45. The quantitative estimate of drug-likeness (QED) is 0.299. The Kier molecular flexibility index (Phi) is 11.0. The lowest BCUT2D eigenvalue weighted by Gasteiger charge is -2.25. The first kappa shape index (κ1) is 31.5. The van der Waals surface area contributed by atoms with Gasteiger partial charge in [-0.15, -0.1) is 0 Å². The van der Waals surface area contributed by atoms with Gasteiger partial charge in [-0.1, -0.05) is 48.9 Å². The Balaban J connectivity index is 1.29. The van der Waals surface area contributed by atoms with Crippen LogP contribution in [0.5, 0.6) is 0 Å². The molecule has 4 rings (SSSR count). The molecule has 2 N–H and O–H groups in total. The van der Waals surface area contributed by atoms with Crippen LogP contribution < -0.4 is 5.32 Å². The first-order valence-corrected chi connectivity index (χ1v) is 15.9. The maximum atomic E-state index is 13.2. The molecule has 2 aliphatic heterocycles. The van der Waals surface area contributed by atoms with Crippen molar-refractivity contribution in [1.82, 2.24) is 9.62 Å². The van der Waals surface area contributed by atoms with Gasteiger partial charge >= 0.3 is 5.97 Å². The molecule has 3 atom stereocenters.